The first-order valence-corrected chi connectivity index (χ1v) is 11.0. The number of esters is 1. The number of benzene rings is 2. The van der Waals surface area contributed by atoms with Gasteiger partial charge < -0.3 is 14.2 Å². The average molecular weight is 476 g/mol. The monoisotopic (exact) mass is 476 g/mol. The molecule has 1 aliphatic heterocycles. The molecule has 0 radical (unpaired) electrons. The number of aromatic nitrogens is 1. The molecule has 0 N–H and O–H groups in total. The van der Waals surface area contributed by atoms with Gasteiger partial charge in [-0.3, -0.25) is 9.59 Å². The normalized spacial score (nSPS) is 13.7. The van der Waals surface area contributed by atoms with Crippen molar-refractivity contribution in [3.63, 3.8) is 0 Å². The molecule has 0 aliphatic carbocycles. The Labute approximate surface area is 191 Å². The molecule has 3 aromatic rings. The zero-order chi connectivity index (χ0) is 23.6. The number of nitrogens with zero attached hydrogens (tertiary/aromatic N) is 2. The molecule has 0 saturated carbocycles. The van der Waals surface area contributed by atoms with Gasteiger partial charge in [-0.1, -0.05) is 17.3 Å². The quantitative estimate of drug-likeness (QED) is 0.364. The molecule has 6 nitrogen and oxygen atoms in total. The van der Waals surface area contributed by atoms with Crippen LogP contribution >= 0.6 is 11.8 Å². The number of carbonyl (C=O) groups excluding carboxylic acids is 2. The van der Waals surface area contributed by atoms with Crippen LogP contribution in [-0.2, 0) is 32.7 Å². The molecular weight excluding hydrogens is 457 g/mol. The van der Waals surface area contributed by atoms with Gasteiger partial charge in [0.2, 0.25) is 5.91 Å². The van der Waals surface area contributed by atoms with Crippen LogP contribution in [0.15, 0.2) is 57.9 Å². The van der Waals surface area contributed by atoms with Crippen LogP contribution in [0.3, 0.4) is 0 Å². The Kier molecular flexibility index (Phi) is 6.46. The Morgan fingerprint density at radius 1 is 1.15 bits per heavy atom. The van der Waals surface area contributed by atoms with Crippen molar-refractivity contribution in [3.05, 3.63) is 65.4 Å². The summed E-state index contributed by atoms with van der Waals surface area (Å²) in [6.07, 6.45) is -3.49. The van der Waals surface area contributed by atoms with Crippen molar-refractivity contribution < 1.29 is 32.0 Å². The molecule has 0 spiro atoms. The highest BCUT2D eigenvalue weighted by atomic mass is 32.2. The van der Waals surface area contributed by atoms with Crippen LogP contribution in [0.1, 0.15) is 23.2 Å². The average Bonchev–Trinajstić information content (AvgIpc) is 3.28. The second-order valence-corrected chi connectivity index (χ2v) is 8.44. The fourth-order valence-electron chi connectivity index (χ4n) is 3.49. The van der Waals surface area contributed by atoms with Crippen molar-refractivity contribution in [3.8, 4) is 11.3 Å². The summed E-state index contributed by atoms with van der Waals surface area (Å²) in [5.74, 6) is 0.284. The standard InChI is InChI=1S/C23H19F3N2O4S/c1-31-22(30)12-28-19-8-7-18(10-15(19)4-9-21(28)29)33-13-17-11-20(32-27-17)14-2-5-16(6-3-14)23(24,25)26/h2-3,5-8,10-11H,4,9,12-13H2,1H3. The van der Waals surface area contributed by atoms with Crippen LogP contribution in [0.2, 0.25) is 0 Å². The van der Waals surface area contributed by atoms with E-state index in [0.29, 0.717) is 41.3 Å². The second-order valence-electron chi connectivity index (χ2n) is 7.39. The molecule has 4 rings (SSSR count). The summed E-state index contributed by atoms with van der Waals surface area (Å²) in [5.41, 5.74) is 2.10. The number of methoxy groups -OCH3 is 1. The van der Waals surface area contributed by atoms with E-state index in [1.807, 2.05) is 18.2 Å². The molecule has 1 aromatic heterocycles. The highest BCUT2D eigenvalue weighted by Gasteiger charge is 2.30. The molecule has 1 amide bonds. The van der Waals surface area contributed by atoms with E-state index in [2.05, 4.69) is 9.89 Å². The lowest BCUT2D eigenvalue weighted by atomic mass is 10.0. The zero-order valence-electron chi connectivity index (χ0n) is 17.5. The van der Waals surface area contributed by atoms with E-state index in [1.165, 1.54) is 35.9 Å². The number of aryl methyl sites for hydroxylation is 1. The van der Waals surface area contributed by atoms with E-state index >= 15 is 0 Å². The molecule has 172 valence electrons. The first kappa shape index (κ1) is 22.9. The van der Waals surface area contributed by atoms with Crippen molar-refractivity contribution in [1.82, 2.24) is 5.16 Å². The first-order valence-electron chi connectivity index (χ1n) is 10.0. The summed E-state index contributed by atoms with van der Waals surface area (Å²) in [5, 5.41) is 4.01. The number of rotatable bonds is 6. The Balaban J connectivity index is 1.43. The molecular formula is C23H19F3N2O4S. The molecule has 0 fully saturated rings. The number of thioether (sulfide) groups is 1. The largest absolute Gasteiger partial charge is 0.468 e. The van der Waals surface area contributed by atoms with Crippen LogP contribution in [0.25, 0.3) is 11.3 Å². The predicted octanol–water partition coefficient (Wildman–Crippen LogP) is 5.10. The molecule has 2 heterocycles. The minimum absolute atomic E-state index is 0.119. The van der Waals surface area contributed by atoms with E-state index < -0.39 is 17.7 Å². The minimum atomic E-state index is -4.39. The molecule has 0 atom stereocenters. The van der Waals surface area contributed by atoms with Gasteiger partial charge in [-0.25, -0.2) is 0 Å². The fourth-order valence-corrected chi connectivity index (χ4v) is 4.33. The molecule has 0 bridgehead atoms. The van der Waals surface area contributed by atoms with Gasteiger partial charge in [0.15, 0.2) is 5.76 Å². The predicted molar refractivity (Wildman–Crippen MR) is 116 cm³/mol. The van der Waals surface area contributed by atoms with E-state index in [9.17, 15) is 22.8 Å². The van der Waals surface area contributed by atoms with Gasteiger partial charge >= 0.3 is 12.1 Å². The van der Waals surface area contributed by atoms with Gasteiger partial charge in [-0.15, -0.1) is 11.8 Å². The van der Waals surface area contributed by atoms with Crippen LogP contribution in [0.4, 0.5) is 18.9 Å². The summed E-state index contributed by atoms with van der Waals surface area (Å²) < 4.78 is 48.2. The summed E-state index contributed by atoms with van der Waals surface area (Å²) in [4.78, 5) is 26.3. The van der Waals surface area contributed by atoms with E-state index in [4.69, 9.17) is 4.52 Å². The number of anilines is 1. The van der Waals surface area contributed by atoms with E-state index in [-0.39, 0.29) is 12.5 Å². The maximum Gasteiger partial charge on any atom is 0.416 e. The third-order valence-corrected chi connectivity index (χ3v) is 6.24. The van der Waals surface area contributed by atoms with Crippen LogP contribution in [-0.4, -0.2) is 30.7 Å². The van der Waals surface area contributed by atoms with Crippen LogP contribution < -0.4 is 4.90 Å². The number of halogens is 3. The summed E-state index contributed by atoms with van der Waals surface area (Å²) in [6.45, 7) is -0.125. The SMILES string of the molecule is COC(=O)CN1C(=O)CCc2cc(SCc3cc(-c4ccc(C(F)(F)F)cc4)on3)ccc21. The van der Waals surface area contributed by atoms with Gasteiger partial charge in [-0.2, -0.15) is 13.2 Å². The highest BCUT2D eigenvalue weighted by molar-refractivity contribution is 7.98. The molecule has 33 heavy (non-hydrogen) atoms. The first-order chi connectivity index (χ1) is 15.7. The van der Waals surface area contributed by atoms with Crippen molar-refractivity contribution in [2.45, 2.75) is 29.7 Å². The lowest BCUT2D eigenvalue weighted by Gasteiger charge is -2.28. The number of carbonyl (C=O) groups is 2. The van der Waals surface area contributed by atoms with Crippen molar-refractivity contribution in [2.24, 2.45) is 0 Å². The number of amides is 1. The van der Waals surface area contributed by atoms with Crippen molar-refractivity contribution in [2.75, 3.05) is 18.6 Å². The van der Waals surface area contributed by atoms with Crippen LogP contribution in [0.5, 0.6) is 0 Å². The number of hydrogen-bond donors (Lipinski definition) is 0. The number of hydrogen-bond acceptors (Lipinski definition) is 6. The van der Waals surface area contributed by atoms with E-state index in [1.54, 1.807) is 6.07 Å². The second kappa shape index (κ2) is 9.30. The number of fused-ring (bicyclic) bond motifs is 1. The van der Waals surface area contributed by atoms with Gasteiger partial charge in [0, 0.05) is 34.4 Å². The lowest BCUT2D eigenvalue weighted by molar-refractivity contribution is -0.140. The molecule has 2 aromatic carbocycles. The van der Waals surface area contributed by atoms with Gasteiger partial charge in [0.1, 0.15) is 6.54 Å². The fraction of sp³-hybridized carbons (Fsp3) is 0.261. The van der Waals surface area contributed by atoms with E-state index in [0.717, 1.165) is 22.6 Å². The highest BCUT2D eigenvalue weighted by Crippen LogP contribution is 2.34. The smallest absolute Gasteiger partial charge is 0.416 e. The van der Waals surface area contributed by atoms with Gasteiger partial charge in [0.25, 0.3) is 0 Å². The molecule has 0 saturated heterocycles. The molecule has 10 heteroatoms. The Morgan fingerprint density at radius 2 is 1.91 bits per heavy atom. The molecule has 0 unspecified atom stereocenters. The summed E-state index contributed by atoms with van der Waals surface area (Å²) >= 11 is 1.51. The Bertz CT molecular complexity index is 1180. The Hall–Kier alpha value is -3.27. The topological polar surface area (TPSA) is 72.6 Å². The zero-order valence-corrected chi connectivity index (χ0v) is 18.3. The van der Waals surface area contributed by atoms with Gasteiger partial charge in [0.05, 0.1) is 18.4 Å². The lowest BCUT2D eigenvalue weighted by Crippen LogP contribution is -2.39. The van der Waals surface area contributed by atoms with Crippen molar-refractivity contribution in [1.29, 1.82) is 0 Å². The maximum atomic E-state index is 12.7. The summed E-state index contributed by atoms with van der Waals surface area (Å²) in [6, 6.07) is 12.1. The van der Waals surface area contributed by atoms with Gasteiger partial charge in [-0.05, 0) is 42.3 Å². The maximum absolute atomic E-state index is 12.7. The Morgan fingerprint density at radius 3 is 2.61 bits per heavy atom. The third-order valence-electron chi connectivity index (χ3n) is 5.21. The molecule has 1 aliphatic rings. The number of alkyl halides is 3. The third kappa shape index (κ3) is 5.22. The summed E-state index contributed by atoms with van der Waals surface area (Å²) in [7, 11) is 1.28. The minimum Gasteiger partial charge on any atom is -0.468 e. The van der Waals surface area contributed by atoms with Crippen LogP contribution in [0, 0.1) is 0 Å². The van der Waals surface area contributed by atoms with Crippen molar-refractivity contribution >= 4 is 29.3 Å². The number of ether oxygens (including phenoxy) is 1.